The fourth-order valence-corrected chi connectivity index (χ4v) is 1.94. The van der Waals surface area contributed by atoms with Crippen molar-refractivity contribution in [3.8, 4) is 17.2 Å². The molecule has 0 atom stereocenters. The van der Waals surface area contributed by atoms with Crippen molar-refractivity contribution in [2.24, 2.45) is 5.73 Å². The number of ether oxygens (including phenoxy) is 2. The zero-order valence-electron chi connectivity index (χ0n) is 11.4. The van der Waals surface area contributed by atoms with Crippen molar-refractivity contribution >= 4 is 11.6 Å². The first kappa shape index (κ1) is 14.7. The summed E-state index contributed by atoms with van der Waals surface area (Å²) >= 11 is 6.01. The molecule has 0 spiro atoms. The summed E-state index contributed by atoms with van der Waals surface area (Å²) in [7, 11) is 0. The van der Waals surface area contributed by atoms with Crippen molar-refractivity contribution in [3.63, 3.8) is 0 Å². The predicted octanol–water partition coefficient (Wildman–Crippen LogP) is 4.38. The summed E-state index contributed by atoms with van der Waals surface area (Å²) in [6.07, 6.45) is 0.944. The van der Waals surface area contributed by atoms with Crippen LogP contribution in [0, 0.1) is 0 Å². The molecule has 0 unspecified atom stereocenters. The second kappa shape index (κ2) is 7.17. The van der Waals surface area contributed by atoms with E-state index in [1.165, 1.54) is 0 Å². The maximum Gasteiger partial charge on any atom is 0.169 e. The summed E-state index contributed by atoms with van der Waals surface area (Å²) in [4.78, 5) is 0. The minimum Gasteiger partial charge on any atom is -0.490 e. The normalized spacial score (nSPS) is 10.3. The SMILES string of the molecule is CCCOc1ccccc1Oc1cc(Cl)ccc1CN. The Morgan fingerprint density at radius 3 is 2.50 bits per heavy atom. The van der Waals surface area contributed by atoms with Crippen molar-refractivity contribution in [2.75, 3.05) is 6.61 Å². The highest BCUT2D eigenvalue weighted by Crippen LogP contribution is 2.34. The Labute approximate surface area is 124 Å². The molecule has 20 heavy (non-hydrogen) atoms. The molecule has 2 aromatic carbocycles. The first-order valence-corrected chi connectivity index (χ1v) is 7.00. The lowest BCUT2D eigenvalue weighted by Crippen LogP contribution is -2.01. The quantitative estimate of drug-likeness (QED) is 0.859. The van der Waals surface area contributed by atoms with Crippen LogP contribution < -0.4 is 15.2 Å². The van der Waals surface area contributed by atoms with Gasteiger partial charge in [-0.2, -0.15) is 0 Å². The third-order valence-corrected chi connectivity index (χ3v) is 3.01. The topological polar surface area (TPSA) is 44.5 Å². The summed E-state index contributed by atoms with van der Waals surface area (Å²) in [5.74, 6) is 2.04. The van der Waals surface area contributed by atoms with E-state index in [9.17, 15) is 0 Å². The zero-order valence-corrected chi connectivity index (χ0v) is 12.2. The Balaban J connectivity index is 2.27. The monoisotopic (exact) mass is 291 g/mol. The number of hydrogen-bond donors (Lipinski definition) is 1. The number of nitrogens with two attached hydrogens (primary N) is 1. The molecule has 3 nitrogen and oxygen atoms in total. The minimum absolute atomic E-state index is 0.393. The van der Waals surface area contributed by atoms with Crippen LogP contribution in [-0.4, -0.2) is 6.61 Å². The van der Waals surface area contributed by atoms with Gasteiger partial charge in [-0.1, -0.05) is 36.7 Å². The van der Waals surface area contributed by atoms with Gasteiger partial charge in [-0.15, -0.1) is 0 Å². The van der Waals surface area contributed by atoms with Gasteiger partial charge in [-0.05, 0) is 30.7 Å². The largest absolute Gasteiger partial charge is 0.490 e. The van der Waals surface area contributed by atoms with Gasteiger partial charge in [0.15, 0.2) is 11.5 Å². The second-order valence-corrected chi connectivity index (χ2v) is 4.79. The first-order valence-electron chi connectivity index (χ1n) is 6.62. The molecule has 0 aliphatic heterocycles. The van der Waals surface area contributed by atoms with Gasteiger partial charge in [-0.25, -0.2) is 0 Å². The molecule has 0 heterocycles. The van der Waals surface area contributed by atoms with Crippen LogP contribution in [0.5, 0.6) is 17.2 Å². The minimum atomic E-state index is 0.393. The molecule has 0 aromatic heterocycles. The molecule has 0 saturated heterocycles. The van der Waals surface area contributed by atoms with Crippen LogP contribution >= 0.6 is 11.6 Å². The maximum atomic E-state index is 6.01. The molecule has 4 heteroatoms. The van der Waals surface area contributed by atoms with Gasteiger partial charge in [0.2, 0.25) is 0 Å². The van der Waals surface area contributed by atoms with Gasteiger partial charge in [0.25, 0.3) is 0 Å². The Morgan fingerprint density at radius 1 is 1.05 bits per heavy atom. The van der Waals surface area contributed by atoms with Crippen LogP contribution in [0.1, 0.15) is 18.9 Å². The third kappa shape index (κ3) is 3.65. The molecule has 0 aliphatic carbocycles. The van der Waals surface area contributed by atoms with E-state index in [2.05, 4.69) is 6.92 Å². The summed E-state index contributed by atoms with van der Waals surface area (Å²) in [6, 6.07) is 13.0. The number of halogens is 1. The van der Waals surface area contributed by atoms with Crippen molar-refractivity contribution in [1.82, 2.24) is 0 Å². The van der Waals surface area contributed by atoms with Gasteiger partial charge in [0, 0.05) is 17.1 Å². The van der Waals surface area contributed by atoms with E-state index in [0.717, 1.165) is 17.7 Å². The molecule has 2 aromatic rings. The summed E-state index contributed by atoms with van der Waals surface area (Å²) in [5, 5.41) is 0.615. The van der Waals surface area contributed by atoms with Crippen LogP contribution in [0.4, 0.5) is 0 Å². The molecular formula is C16H18ClNO2. The maximum absolute atomic E-state index is 6.01. The highest BCUT2D eigenvalue weighted by Gasteiger charge is 2.09. The van der Waals surface area contributed by atoms with E-state index in [1.54, 1.807) is 12.1 Å². The summed E-state index contributed by atoms with van der Waals surface area (Å²) in [6.45, 7) is 3.11. The molecule has 2 N–H and O–H groups in total. The van der Waals surface area contributed by atoms with Crippen LogP contribution in [0.3, 0.4) is 0 Å². The van der Waals surface area contributed by atoms with Gasteiger partial charge in [-0.3, -0.25) is 0 Å². The Bertz CT molecular complexity index is 572. The van der Waals surface area contributed by atoms with Gasteiger partial charge < -0.3 is 15.2 Å². The van der Waals surface area contributed by atoms with Gasteiger partial charge in [0.1, 0.15) is 5.75 Å². The highest BCUT2D eigenvalue weighted by atomic mass is 35.5. The van der Waals surface area contributed by atoms with E-state index in [4.69, 9.17) is 26.8 Å². The van der Waals surface area contributed by atoms with Crippen LogP contribution in [0.2, 0.25) is 5.02 Å². The molecule has 0 saturated carbocycles. The van der Waals surface area contributed by atoms with E-state index in [1.807, 2.05) is 30.3 Å². The summed E-state index contributed by atoms with van der Waals surface area (Å²) in [5.41, 5.74) is 6.62. The first-order chi connectivity index (χ1) is 9.74. The van der Waals surface area contributed by atoms with Crippen molar-refractivity contribution in [2.45, 2.75) is 19.9 Å². The molecule has 2 rings (SSSR count). The number of para-hydroxylation sites is 2. The highest BCUT2D eigenvalue weighted by molar-refractivity contribution is 6.30. The van der Waals surface area contributed by atoms with Crippen molar-refractivity contribution in [3.05, 3.63) is 53.1 Å². The zero-order chi connectivity index (χ0) is 14.4. The van der Waals surface area contributed by atoms with Crippen LogP contribution in [0.15, 0.2) is 42.5 Å². The number of benzene rings is 2. The fourth-order valence-electron chi connectivity index (χ4n) is 1.78. The second-order valence-electron chi connectivity index (χ2n) is 4.35. The summed E-state index contributed by atoms with van der Waals surface area (Å²) < 4.78 is 11.6. The van der Waals surface area contributed by atoms with E-state index < -0.39 is 0 Å². The lowest BCUT2D eigenvalue weighted by Gasteiger charge is -2.14. The van der Waals surface area contributed by atoms with Gasteiger partial charge in [0.05, 0.1) is 6.61 Å². The molecule has 0 aliphatic rings. The van der Waals surface area contributed by atoms with E-state index >= 15 is 0 Å². The molecular weight excluding hydrogens is 274 g/mol. The Hall–Kier alpha value is -1.71. The fraction of sp³-hybridized carbons (Fsp3) is 0.250. The molecule has 106 valence electrons. The smallest absolute Gasteiger partial charge is 0.169 e. The lowest BCUT2D eigenvalue weighted by molar-refractivity contribution is 0.302. The van der Waals surface area contributed by atoms with E-state index in [0.29, 0.717) is 29.7 Å². The predicted molar refractivity (Wildman–Crippen MR) is 81.6 cm³/mol. The molecule has 0 fully saturated rings. The molecule has 0 amide bonds. The third-order valence-electron chi connectivity index (χ3n) is 2.78. The van der Waals surface area contributed by atoms with Crippen LogP contribution in [0.25, 0.3) is 0 Å². The Morgan fingerprint density at radius 2 is 1.80 bits per heavy atom. The average Bonchev–Trinajstić information content (AvgIpc) is 2.47. The number of hydrogen-bond acceptors (Lipinski definition) is 3. The average molecular weight is 292 g/mol. The van der Waals surface area contributed by atoms with Gasteiger partial charge >= 0.3 is 0 Å². The van der Waals surface area contributed by atoms with Crippen molar-refractivity contribution < 1.29 is 9.47 Å². The Kier molecular flexibility index (Phi) is 5.27. The number of rotatable bonds is 6. The lowest BCUT2D eigenvalue weighted by atomic mass is 10.2. The van der Waals surface area contributed by atoms with Crippen LogP contribution in [-0.2, 0) is 6.54 Å². The van der Waals surface area contributed by atoms with Crippen molar-refractivity contribution in [1.29, 1.82) is 0 Å². The van der Waals surface area contributed by atoms with E-state index in [-0.39, 0.29) is 0 Å². The molecule has 0 bridgehead atoms. The standard InChI is InChI=1S/C16H18ClNO2/c1-2-9-19-14-5-3-4-6-15(14)20-16-10-13(17)8-7-12(16)11-18/h3-8,10H,2,9,11,18H2,1H3. The molecule has 0 radical (unpaired) electrons.